The summed E-state index contributed by atoms with van der Waals surface area (Å²) < 4.78 is 9.87. The third-order valence-electron chi connectivity index (χ3n) is 4.65. The highest BCUT2D eigenvalue weighted by molar-refractivity contribution is 7.18. The molecule has 1 aromatic heterocycles. The van der Waals surface area contributed by atoms with Crippen molar-refractivity contribution in [1.82, 2.24) is 5.32 Å². The lowest BCUT2D eigenvalue weighted by Crippen LogP contribution is -2.32. The molecule has 0 saturated heterocycles. The van der Waals surface area contributed by atoms with Crippen LogP contribution in [0.4, 0.5) is 5.00 Å². The summed E-state index contributed by atoms with van der Waals surface area (Å²) in [5.74, 6) is -2.20. The number of ether oxygens (including phenoxy) is 2. The van der Waals surface area contributed by atoms with Crippen LogP contribution in [0.5, 0.6) is 0 Å². The standard InChI is InChI=1S/C25H24N2O6S/c1-3-32-25(31)23-16(2)13-21(34-23)27-20(28)15-33-22(29)14-26-24(30)19-11-9-18(10-12-19)17-7-5-4-6-8-17/h4-13H,3,14-15H2,1-2H3,(H,26,30)(H,27,28). The van der Waals surface area contributed by atoms with E-state index in [-0.39, 0.29) is 13.2 Å². The van der Waals surface area contributed by atoms with Gasteiger partial charge in [-0.05, 0) is 48.7 Å². The quantitative estimate of drug-likeness (QED) is 0.451. The molecular weight excluding hydrogens is 456 g/mol. The first kappa shape index (κ1) is 24.7. The molecule has 34 heavy (non-hydrogen) atoms. The first-order chi connectivity index (χ1) is 16.4. The van der Waals surface area contributed by atoms with E-state index in [1.807, 2.05) is 42.5 Å². The van der Waals surface area contributed by atoms with Crippen LogP contribution >= 0.6 is 11.3 Å². The molecule has 0 aliphatic rings. The van der Waals surface area contributed by atoms with Gasteiger partial charge in [0.1, 0.15) is 11.4 Å². The predicted octanol–water partition coefficient (Wildman–Crippen LogP) is 3.81. The predicted molar refractivity (Wildman–Crippen MR) is 129 cm³/mol. The SMILES string of the molecule is CCOC(=O)c1sc(NC(=O)COC(=O)CNC(=O)c2ccc(-c3ccccc3)cc2)cc1C. The lowest BCUT2D eigenvalue weighted by atomic mass is 10.0. The smallest absolute Gasteiger partial charge is 0.348 e. The number of carbonyl (C=O) groups excluding carboxylic acids is 4. The molecule has 176 valence electrons. The van der Waals surface area contributed by atoms with Crippen molar-refractivity contribution < 1.29 is 28.7 Å². The van der Waals surface area contributed by atoms with Crippen molar-refractivity contribution in [2.75, 3.05) is 25.1 Å². The lowest BCUT2D eigenvalue weighted by molar-refractivity contribution is -0.146. The molecule has 3 aromatic rings. The van der Waals surface area contributed by atoms with Crippen LogP contribution in [-0.4, -0.2) is 43.5 Å². The molecule has 0 aliphatic carbocycles. The van der Waals surface area contributed by atoms with Gasteiger partial charge in [-0.3, -0.25) is 14.4 Å². The fourth-order valence-corrected chi connectivity index (χ4v) is 4.00. The van der Waals surface area contributed by atoms with Crippen LogP contribution in [0.3, 0.4) is 0 Å². The molecule has 3 rings (SSSR count). The highest BCUT2D eigenvalue weighted by Gasteiger charge is 2.17. The van der Waals surface area contributed by atoms with Crippen LogP contribution in [-0.2, 0) is 19.1 Å². The second-order valence-electron chi connectivity index (χ2n) is 7.18. The number of thiophene rings is 1. The summed E-state index contributed by atoms with van der Waals surface area (Å²) in [6.45, 7) is 2.80. The number of amides is 2. The number of esters is 2. The molecule has 0 unspecified atom stereocenters. The molecule has 8 nitrogen and oxygen atoms in total. The molecule has 1 heterocycles. The van der Waals surface area contributed by atoms with E-state index in [0.717, 1.165) is 22.5 Å². The molecule has 0 aliphatic heterocycles. The fraction of sp³-hybridized carbons (Fsp3) is 0.200. The maximum atomic E-state index is 12.3. The first-order valence-corrected chi connectivity index (χ1v) is 11.4. The monoisotopic (exact) mass is 480 g/mol. The van der Waals surface area contributed by atoms with Gasteiger partial charge in [-0.1, -0.05) is 42.5 Å². The average molecular weight is 481 g/mol. The van der Waals surface area contributed by atoms with E-state index < -0.39 is 30.4 Å². The summed E-state index contributed by atoms with van der Waals surface area (Å²) >= 11 is 1.08. The van der Waals surface area contributed by atoms with Gasteiger partial charge in [-0.2, -0.15) is 0 Å². The summed E-state index contributed by atoms with van der Waals surface area (Å²) in [5, 5.41) is 5.48. The van der Waals surface area contributed by atoms with E-state index in [2.05, 4.69) is 10.6 Å². The van der Waals surface area contributed by atoms with Gasteiger partial charge in [0.25, 0.3) is 11.8 Å². The van der Waals surface area contributed by atoms with Gasteiger partial charge < -0.3 is 20.1 Å². The Hall–Kier alpha value is -3.98. The normalized spacial score (nSPS) is 10.3. The van der Waals surface area contributed by atoms with E-state index in [4.69, 9.17) is 9.47 Å². The van der Waals surface area contributed by atoms with Crippen molar-refractivity contribution in [3.8, 4) is 11.1 Å². The number of hydrogen-bond donors (Lipinski definition) is 2. The Morgan fingerprint density at radius 1 is 0.912 bits per heavy atom. The maximum Gasteiger partial charge on any atom is 0.348 e. The largest absolute Gasteiger partial charge is 0.462 e. The third kappa shape index (κ3) is 6.76. The van der Waals surface area contributed by atoms with Gasteiger partial charge in [-0.15, -0.1) is 11.3 Å². The molecular formula is C25H24N2O6S. The minimum atomic E-state index is -0.751. The van der Waals surface area contributed by atoms with Crippen LogP contribution in [0.25, 0.3) is 11.1 Å². The Bertz CT molecular complexity index is 1170. The molecule has 2 N–H and O–H groups in total. The second-order valence-corrected chi connectivity index (χ2v) is 8.23. The minimum absolute atomic E-state index is 0.253. The zero-order valence-corrected chi connectivity index (χ0v) is 19.6. The number of aryl methyl sites for hydroxylation is 1. The van der Waals surface area contributed by atoms with Crippen molar-refractivity contribution in [3.05, 3.63) is 76.7 Å². The molecule has 0 fully saturated rings. The number of benzene rings is 2. The molecule has 2 amide bonds. The van der Waals surface area contributed by atoms with Gasteiger partial charge in [0, 0.05) is 5.56 Å². The first-order valence-electron chi connectivity index (χ1n) is 10.5. The van der Waals surface area contributed by atoms with E-state index in [0.29, 0.717) is 21.0 Å². The van der Waals surface area contributed by atoms with E-state index in [1.165, 1.54) is 0 Å². The Labute approximate surface area is 200 Å². The number of hydrogen-bond acceptors (Lipinski definition) is 7. The van der Waals surface area contributed by atoms with Gasteiger partial charge in [0.2, 0.25) is 0 Å². The van der Waals surface area contributed by atoms with Crippen LogP contribution < -0.4 is 10.6 Å². The topological polar surface area (TPSA) is 111 Å². The summed E-state index contributed by atoms with van der Waals surface area (Å²) in [5.41, 5.74) is 3.08. The summed E-state index contributed by atoms with van der Waals surface area (Å²) in [6.07, 6.45) is 0. The minimum Gasteiger partial charge on any atom is -0.462 e. The van der Waals surface area contributed by atoms with Crippen molar-refractivity contribution in [2.45, 2.75) is 13.8 Å². The third-order valence-corrected chi connectivity index (χ3v) is 5.79. The molecule has 0 radical (unpaired) electrons. The van der Waals surface area contributed by atoms with E-state index >= 15 is 0 Å². The van der Waals surface area contributed by atoms with E-state index in [1.54, 1.807) is 32.0 Å². The maximum absolute atomic E-state index is 12.3. The number of rotatable bonds is 9. The number of carbonyl (C=O) groups is 4. The number of anilines is 1. The molecule has 2 aromatic carbocycles. The zero-order chi connectivity index (χ0) is 24.5. The van der Waals surface area contributed by atoms with Crippen LogP contribution in [0.15, 0.2) is 60.7 Å². The van der Waals surface area contributed by atoms with Crippen molar-refractivity contribution in [1.29, 1.82) is 0 Å². The highest BCUT2D eigenvalue weighted by atomic mass is 32.1. The van der Waals surface area contributed by atoms with Gasteiger partial charge >= 0.3 is 11.9 Å². The molecule has 0 spiro atoms. The zero-order valence-electron chi connectivity index (χ0n) is 18.8. The Morgan fingerprint density at radius 2 is 1.59 bits per heavy atom. The van der Waals surface area contributed by atoms with Crippen molar-refractivity contribution in [3.63, 3.8) is 0 Å². The Balaban J connectivity index is 1.43. The average Bonchev–Trinajstić information content (AvgIpc) is 3.21. The Morgan fingerprint density at radius 3 is 2.26 bits per heavy atom. The fourth-order valence-electron chi connectivity index (χ4n) is 3.01. The number of nitrogens with one attached hydrogen (secondary N) is 2. The van der Waals surface area contributed by atoms with Gasteiger partial charge in [0.15, 0.2) is 6.61 Å². The van der Waals surface area contributed by atoms with Crippen LogP contribution in [0.2, 0.25) is 0 Å². The summed E-state index contributed by atoms with van der Waals surface area (Å²) in [4.78, 5) is 48.5. The summed E-state index contributed by atoms with van der Waals surface area (Å²) in [6, 6.07) is 18.4. The van der Waals surface area contributed by atoms with Crippen molar-refractivity contribution in [2.24, 2.45) is 0 Å². The molecule has 0 saturated carbocycles. The van der Waals surface area contributed by atoms with Crippen LogP contribution in [0, 0.1) is 6.92 Å². The van der Waals surface area contributed by atoms with Crippen LogP contribution in [0.1, 0.15) is 32.5 Å². The second kappa shape index (κ2) is 11.8. The van der Waals surface area contributed by atoms with E-state index in [9.17, 15) is 19.2 Å². The Kier molecular flexibility index (Phi) is 8.53. The van der Waals surface area contributed by atoms with Gasteiger partial charge in [-0.25, -0.2) is 4.79 Å². The summed E-state index contributed by atoms with van der Waals surface area (Å²) in [7, 11) is 0. The van der Waals surface area contributed by atoms with Crippen molar-refractivity contribution >= 4 is 40.1 Å². The molecule has 0 bridgehead atoms. The lowest BCUT2D eigenvalue weighted by Gasteiger charge is -2.07. The molecule has 0 atom stereocenters. The van der Waals surface area contributed by atoms with Gasteiger partial charge in [0.05, 0.1) is 11.6 Å². The molecule has 9 heteroatoms. The highest BCUT2D eigenvalue weighted by Crippen LogP contribution is 2.27.